The average Bonchev–Trinajstić information content (AvgIpc) is 3.11. The first-order valence-corrected chi connectivity index (χ1v) is 8.22. The number of aromatic hydroxyl groups is 1. The highest BCUT2D eigenvalue weighted by Crippen LogP contribution is 2.42. The van der Waals surface area contributed by atoms with Crippen molar-refractivity contribution in [2.75, 3.05) is 6.79 Å². The lowest BCUT2D eigenvalue weighted by molar-refractivity contribution is 0.174. The lowest BCUT2D eigenvalue weighted by Gasteiger charge is -2.16. The summed E-state index contributed by atoms with van der Waals surface area (Å²) >= 11 is 0. The summed E-state index contributed by atoms with van der Waals surface area (Å²) in [5, 5.41) is 10.5. The van der Waals surface area contributed by atoms with E-state index in [9.17, 15) is 5.11 Å². The van der Waals surface area contributed by atoms with Gasteiger partial charge in [-0.1, -0.05) is 72.8 Å². The number of phenols is 1. The van der Waals surface area contributed by atoms with Crippen molar-refractivity contribution in [1.29, 1.82) is 0 Å². The summed E-state index contributed by atoms with van der Waals surface area (Å²) in [6.45, 7) is 0.189. The molecule has 3 aromatic carbocycles. The largest absolute Gasteiger partial charge is 0.507 e. The van der Waals surface area contributed by atoms with Crippen LogP contribution in [0.2, 0.25) is 0 Å². The molecule has 25 heavy (non-hydrogen) atoms. The summed E-state index contributed by atoms with van der Waals surface area (Å²) in [4.78, 5) is 0. The molecule has 1 aliphatic rings. The minimum absolute atomic E-state index is 0.0871. The highest BCUT2D eigenvalue weighted by Gasteiger charge is 2.22. The smallest absolute Gasteiger partial charge is 0.231 e. The molecule has 3 aromatic rings. The van der Waals surface area contributed by atoms with Crippen LogP contribution < -0.4 is 9.47 Å². The number of phenolic OH excluding ortho intramolecular Hbond substituents is 1. The van der Waals surface area contributed by atoms with E-state index >= 15 is 0 Å². The fraction of sp³-hybridized carbons (Fsp3) is 0.0909. The number of hydrogen-bond acceptors (Lipinski definition) is 3. The molecule has 0 aliphatic carbocycles. The molecule has 1 atom stereocenters. The van der Waals surface area contributed by atoms with Gasteiger partial charge in [0.1, 0.15) is 5.75 Å². The van der Waals surface area contributed by atoms with Crippen LogP contribution in [0.15, 0.2) is 78.9 Å². The first-order chi connectivity index (χ1) is 12.3. The molecule has 1 aliphatic heterocycles. The molecule has 3 heteroatoms. The summed E-state index contributed by atoms with van der Waals surface area (Å²) in [7, 11) is 0. The Morgan fingerprint density at radius 2 is 1.48 bits per heavy atom. The van der Waals surface area contributed by atoms with Crippen molar-refractivity contribution in [1.82, 2.24) is 0 Å². The van der Waals surface area contributed by atoms with Gasteiger partial charge in [-0.2, -0.15) is 0 Å². The Balaban J connectivity index is 1.77. The van der Waals surface area contributed by atoms with Crippen LogP contribution in [0.1, 0.15) is 22.6 Å². The third kappa shape index (κ3) is 3.22. The van der Waals surface area contributed by atoms with Crippen molar-refractivity contribution in [3.63, 3.8) is 0 Å². The van der Waals surface area contributed by atoms with Crippen molar-refractivity contribution in [3.05, 3.63) is 95.6 Å². The van der Waals surface area contributed by atoms with Gasteiger partial charge in [0.05, 0.1) is 0 Å². The van der Waals surface area contributed by atoms with Crippen LogP contribution in [-0.4, -0.2) is 11.9 Å². The number of hydrogen-bond donors (Lipinski definition) is 1. The topological polar surface area (TPSA) is 38.7 Å². The van der Waals surface area contributed by atoms with Gasteiger partial charge in [-0.05, 0) is 17.2 Å². The molecule has 0 amide bonds. The zero-order valence-corrected chi connectivity index (χ0v) is 13.6. The normalized spacial score (nSPS) is 13.9. The van der Waals surface area contributed by atoms with Crippen LogP contribution in [0.25, 0.3) is 6.08 Å². The molecule has 0 fully saturated rings. The number of rotatable bonds is 4. The van der Waals surface area contributed by atoms with Crippen molar-refractivity contribution < 1.29 is 14.6 Å². The fourth-order valence-electron chi connectivity index (χ4n) is 3.02. The van der Waals surface area contributed by atoms with E-state index in [1.165, 1.54) is 0 Å². The van der Waals surface area contributed by atoms with Gasteiger partial charge in [0.25, 0.3) is 0 Å². The van der Waals surface area contributed by atoms with Crippen LogP contribution in [0, 0.1) is 0 Å². The van der Waals surface area contributed by atoms with Gasteiger partial charge >= 0.3 is 0 Å². The van der Waals surface area contributed by atoms with Crippen LogP contribution in [-0.2, 0) is 0 Å². The van der Waals surface area contributed by atoms with E-state index in [2.05, 4.69) is 36.4 Å². The van der Waals surface area contributed by atoms with Crippen molar-refractivity contribution >= 4 is 6.08 Å². The molecule has 124 valence electrons. The van der Waals surface area contributed by atoms with Gasteiger partial charge in [-0.3, -0.25) is 0 Å². The van der Waals surface area contributed by atoms with Gasteiger partial charge in [-0.25, -0.2) is 0 Å². The lowest BCUT2D eigenvalue weighted by Crippen LogP contribution is -1.98. The molecule has 0 spiro atoms. The predicted octanol–water partition coefficient (Wildman–Crippen LogP) is 4.97. The molecule has 1 N–H and O–H groups in total. The Bertz CT molecular complexity index is 886. The summed E-state index contributed by atoms with van der Waals surface area (Å²) in [6.07, 6.45) is 4.17. The number of benzene rings is 3. The SMILES string of the molecule is Oc1cc2c(cc1[C@@H](/C=C/c1ccccc1)c1ccccc1)OCO2. The Labute approximate surface area is 146 Å². The van der Waals surface area contributed by atoms with Crippen LogP contribution in [0.4, 0.5) is 0 Å². The Morgan fingerprint density at radius 3 is 2.20 bits per heavy atom. The maximum atomic E-state index is 10.5. The molecule has 4 rings (SSSR count). The summed E-state index contributed by atoms with van der Waals surface area (Å²) < 4.78 is 10.8. The molecule has 1 heterocycles. The second-order valence-corrected chi connectivity index (χ2v) is 5.92. The summed E-state index contributed by atoms with van der Waals surface area (Å²) in [6, 6.07) is 23.7. The van der Waals surface area contributed by atoms with Crippen LogP contribution in [0.3, 0.4) is 0 Å². The van der Waals surface area contributed by atoms with Gasteiger partial charge < -0.3 is 14.6 Å². The van der Waals surface area contributed by atoms with E-state index in [0.717, 1.165) is 16.7 Å². The zero-order valence-electron chi connectivity index (χ0n) is 13.6. The van der Waals surface area contributed by atoms with Gasteiger partial charge in [0, 0.05) is 17.5 Å². The van der Waals surface area contributed by atoms with Gasteiger partial charge in [0.15, 0.2) is 11.5 Å². The van der Waals surface area contributed by atoms with E-state index in [-0.39, 0.29) is 18.5 Å². The molecular formula is C22H18O3. The molecule has 0 saturated heterocycles. The highest BCUT2D eigenvalue weighted by atomic mass is 16.7. The molecule has 0 saturated carbocycles. The lowest BCUT2D eigenvalue weighted by atomic mass is 9.89. The maximum Gasteiger partial charge on any atom is 0.231 e. The monoisotopic (exact) mass is 330 g/mol. The number of fused-ring (bicyclic) bond motifs is 1. The number of allylic oxidation sites excluding steroid dienone is 1. The van der Waals surface area contributed by atoms with Gasteiger partial charge in [0.2, 0.25) is 6.79 Å². The predicted molar refractivity (Wildman–Crippen MR) is 98.0 cm³/mol. The third-order valence-electron chi connectivity index (χ3n) is 4.30. The zero-order chi connectivity index (χ0) is 17.1. The van der Waals surface area contributed by atoms with E-state index in [1.807, 2.05) is 42.5 Å². The van der Waals surface area contributed by atoms with Crippen molar-refractivity contribution in [2.45, 2.75) is 5.92 Å². The van der Waals surface area contributed by atoms with Crippen molar-refractivity contribution in [3.8, 4) is 17.2 Å². The second kappa shape index (κ2) is 6.73. The van der Waals surface area contributed by atoms with Crippen LogP contribution in [0.5, 0.6) is 17.2 Å². The third-order valence-corrected chi connectivity index (χ3v) is 4.30. The second-order valence-electron chi connectivity index (χ2n) is 5.92. The Kier molecular flexibility index (Phi) is 4.13. The maximum absolute atomic E-state index is 10.5. The highest BCUT2D eigenvalue weighted by molar-refractivity contribution is 5.58. The Morgan fingerprint density at radius 1 is 0.840 bits per heavy atom. The van der Waals surface area contributed by atoms with Gasteiger partial charge in [-0.15, -0.1) is 0 Å². The molecule has 3 nitrogen and oxygen atoms in total. The van der Waals surface area contributed by atoms with Crippen molar-refractivity contribution in [2.24, 2.45) is 0 Å². The quantitative estimate of drug-likeness (QED) is 0.734. The summed E-state index contributed by atoms with van der Waals surface area (Å²) in [5.41, 5.74) is 3.01. The first-order valence-electron chi connectivity index (χ1n) is 8.22. The molecule has 0 radical (unpaired) electrons. The minimum Gasteiger partial charge on any atom is -0.507 e. The minimum atomic E-state index is -0.0871. The average molecular weight is 330 g/mol. The molecule has 0 bridgehead atoms. The number of ether oxygens (including phenoxy) is 2. The fourth-order valence-corrected chi connectivity index (χ4v) is 3.02. The standard InChI is InChI=1S/C22H18O3/c23-20-14-22-21(24-15-25-22)13-19(20)18(17-9-5-2-6-10-17)12-11-16-7-3-1-4-8-16/h1-14,18,23H,15H2/b12-11+/t18-/m0/s1. The van der Waals surface area contributed by atoms with E-state index in [1.54, 1.807) is 6.07 Å². The molecular weight excluding hydrogens is 312 g/mol. The summed E-state index contributed by atoms with van der Waals surface area (Å²) in [5.74, 6) is 1.37. The Hall–Kier alpha value is -3.20. The van der Waals surface area contributed by atoms with E-state index in [4.69, 9.17) is 9.47 Å². The molecule has 0 unspecified atom stereocenters. The van der Waals surface area contributed by atoms with E-state index in [0.29, 0.717) is 11.5 Å². The van der Waals surface area contributed by atoms with E-state index < -0.39 is 0 Å². The first kappa shape index (κ1) is 15.3. The van der Waals surface area contributed by atoms with Crippen LogP contribution >= 0.6 is 0 Å². The molecule has 0 aromatic heterocycles.